The minimum Gasteiger partial charge on any atom is -0.416 e. The number of halogens is 6. The van der Waals surface area contributed by atoms with E-state index in [1.807, 2.05) is 0 Å². The lowest BCUT2D eigenvalue weighted by molar-refractivity contribution is 0.0710. The molecule has 12 heteroatoms. The molecule has 2 aromatic carbocycles. The van der Waals surface area contributed by atoms with Crippen LogP contribution in [0.25, 0.3) is 0 Å². The molecule has 0 radical (unpaired) electrons. The van der Waals surface area contributed by atoms with Crippen LogP contribution in [0, 0.1) is 32.7 Å². The third-order valence-electron chi connectivity index (χ3n) is 2.80. The van der Waals surface area contributed by atoms with Crippen molar-refractivity contribution >= 4 is 38.7 Å². The van der Waals surface area contributed by atoms with Crippen molar-refractivity contribution in [2.45, 2.75) is 4.90 Å². The van der Waals surface area contributed by atoms with E-state index in [0.717, 1.165) is 6.07 Å². The predicted molar refractivity (Wildman–Crippen MR) is 80.2 cm³/mol. The quantitative estimate of drug-likeness (QED) is 0.177. The zero-order valence-corrected chi connectivity index (χ0v) is 14.5. The summed E-state index contributed by atoms with van der Waals surface area (Å²) in [5.74, 6) is -14.5. The van der Waals surface area contributed by atoms with Crippen molar-refractivity contribution in [3.05, 3.63) is 56.4 Å². The summed E-state index contributed by atoms with van der Waals surface area (Å²) in [5.41, 5.74) is -0.762. The molecule has 0 saturated carbocycles. The maximum Gasteiger partial charge on any atom is 0.347 e. The molecule has 1 N–H and O–H groups in total. The van der Waals surface area contributed by atoms with Crippen LogP contribution in [0.1, 0.15) is 10.4 Å². The third kappa shape index (κ3) is 3.59. The van der Waals surface area contributed by atoms with Crippen LogP contribution in [0.3, 0.4) is 0 Å². The molecule has 134 valence electrons. The number of benzene rings is 2. The number of hydrogen-bond donors (Lipinski definition) is 1. The molecule has 2 rings (SSSR count). The van der Waals surface area contributed by atoms with Crippen molar-refractivity contribution in [2.24, 2.45) is 0 Å². The van der Waals surface area contributed by atoms with E-state index in [1.54, 1.807) is 0 Å². The fraction of sp³-hybridized carbons (Fsp3) is 0. The molecule has 0 aromatic heterocycles. The summed E-state index contributed by atoms with van der Waals surface area (Å²) in [6.07, 6.45) is 0. The topological polar surface area (TPSA) is 80.7 Å². The molecule has 0 aliphatic heterocycles. The molecule has 0 heterocycles. The van der Waals surface area contributed by atoms with Gasteiger partial charge in [-0.1, -0.05) is 6.07 Å². The van der Waals surface area contributed by atoms with Gasteiger partial charge in [0.25, 0.3) is 0 Å². The van der Waals surface area contributed by atoms with Crippen LogP contribution in [0.5, 0.6) is 5.75 Å². The molecule has 0 amide bonds. The maximum absolute atomic E-state index is 13.8. The highest BCUT2D eigenvalue weighted by molar-refractivity contribution is 14.1. The van der Waals surface area contributed by atoms with Crippen molar-refractivity contribution in [3.63, 3.8) is 0 Å². The summed E-state index contributed by atoms with van der Waals surface area (Å²) in [6.45, 7) is 0. The van der Waals surface area contributed by atoms with Crippen LogP contribution in [0.4, 0.5) is 22.0 Å². The van der Waals surface area contributed by atoms with Gasteiger partial charge in [-0.25, -0.2) is 18.0 Å². The Morgan fingerprint density at radius 2 is 1.52 bits per heavy atom. The van der Waals surface area contributed by atoms with Crippen molar-refractivity contribution in [1.29, 1.82) is 0 Å². The van der Waals surface area contributed by atoms with Crippen LogP contribution in [0.15, 0.2) is 23.1 Å². The van der Waals surface area contributed by atoms with Gasteiger partial charge < -0.3 is 4.74 Å². The number of hydrogen-bond acceptors (Lipinski definition) is 4. The average molecular weight is 494 g/mol. The largest absolute Gasteiger partial charge is 0.416 e. The van der Waals surface area contributed by atoms with E-state index in [0.29, 0.717) is 0 Å². The van der Waals surface area contributed by atoms with Gasteiger partial charge in [-0.3, -0.25) is 4.55 Å². The number of rotatable bonds is 3. The second-order valence-corrected chi connectivity index (χ2v) is 6.90. The van der Waals surface area contributed by atoms with Crippen LogP contribution < -0.4 is 4.74 Å². The van der Waals surface area contributed by atoms with Crippen molar-refractivity contribution in [3.8, 4) is 5.75 Å². The van der Waals surface area contributed by atoms with E-state index in [9.17, 15) is 35.2 Å². The number of carbonyl (C=O) groups excluding carboxylic acids is 1. The zero-order chi connectivity index (χ0) is 19.1. The first-order valence-electron chi connectivity index (χ1n) is 5.96. The van der Waals surface area contributed by atoms with Crippen LogP contribution in [0.2, 0.25) is 0 Å². The van der Waals surface area contributed by atoms with Gasteiger partial charge in [-0.2, -0.15) is 17.2 Å². The predicted octanol–water partition coefficient (Wildman–Crippen LogP) is 3.45. The smallest absolute Gasteiger partial charge is 0.347 e. The van der Waals surface area contributed by atoms with Gasteiger partial charge in [0.15, 0.2) is 16.5 Å². The molecule has 0 atom stereocenters. The Balaban J connectivity index is 2.61. The second-order valence-electron chi connectivity index (χ2n) is 4.38. The van der Waals surface area contributed by atoms with Gasteiger partial charge in [-0.05, 0) is 34.7 Å². The molecule has 0 unspecified atom stereocenters. The summed E-state index contributed by atoms with van der Waals surface area (Å²) >= 11 is 1.50. The first-order chi connectivity index (χ1) is 11.5. The average Bonchev–Trinajstić information content (AvgIpc) is 2.48. The van der Waals surface area contributed by atoms with E-state index in [4.69, 9.17) is 4.55 Å². The van der Waals surface area contributed by atoms with Gasteiger partial charge >= 0.3 is 16.1 Å². The van der Waals surface area contributed by atoms with Crippen molar-refractivity contribution < 1.29 is 44.5 Å². The van der Waals surface area contributed by atoms with E-state index < -0.39 is 61.4 Å². The lowest BCUT2D eigenvalue weighted by Gasteiger charge is -2.11. The summed E-state index contributed by atoms with van der Waals surface area (Å²) in [7, 11) is -5.65. The molecular weight excluding hydrogens is 490 g/mol. The standard InChI is InChI=1S/C13H4F5IO5S/c14-4-2-1-3-5(19)6(4)13(20)24-11-7(15)9(17)12(25(21,22)23)10(18)8(11)16/h1-3H,(H,21,22,23). The minimum absolute atomic E-state index is 0.0288. The molecule has 0 fully saturated rings. The molecule has 0 saturated heterocycles. The molecule has 25 heavy (non-hydrogen) atoms. The molecular formula is C13H4F5IO5S. The van der Waals surface area contributed by atoms with Gasteiger partial charge in [0.1, 0.15) is 11.4 Å². The number of esters is 1. The fourth-order valence-electron chi connectivity index (χ4n) is 1.74. The van der Waals surface area contributed by atoms with E-state index in [1.165, 1.54) is 34.7 Å². The lowest BCUT2D eigenvalue weighted by atomic mass is 10.2. The van der Waals surface area contributed by atoms with Gasteiger partial charge in [0.05, 0.1) is 0 Å². The van der Waals surface area contributed by atoms with E-state index in [-0.39, 0.29) is 3.57 Å². The Morgan fingerprint density at radius 3 is 1.96 bits per heavy atom. The molecule has 5 nitrogen and oxygen atoms in total. The SMILES string of the molecule is O=C(Oc1c(F)c(F)c(S(=O)(=O)O)c(F)c1F)c1c(F)cccc1I. The molecule has 0 bridgehead atoms. The molecule has 2 aromatic rings. The zero-order valence-electron chi connectivity index (χ0n) is 11.5. The fourth-order valence-corrected chi connectivity index (χ4v) is 3.06. The van der Waals surface area contributed by atoms with E-state index >= 15 is 0 Å². The van der Waals surface area contributed by atoms with Gasteiger partial charge in [0.2, 0.25) is 17.4 Å². The second kappa shape index (κ2) is 6.84. The molecule has 0 spiro atoms. The summed E-state index contributed by atoms with van der Waals surface area (Å²) < 4.78 is 103. The van der Waals surface area contributed by atoms with Crippen molar-refractivity contribution in [2.75, 3.05) is 0 Å². The Bertz CT molecular complexity index is 944. The Labute approximate surface area is 150 Å². The van der Waals surface area contributed by atoms with Crippen LogP contribution in [-0.2, 0) is 10.1 Å². The summed E-state index contributed by atoms with van der Waals surface area (Å²) in [5, 5.41) is 0. The van der Waals surface area contributed by atoms with Crippen LogP contribution in [-0.4, -0.2) is 18.9 Å². The van der Waals surface area contributed by atoms with Gasteiger partial charge in [0, 0.05) is 3.57 Å². The highest BCUT2D eigenvalue weighted by atomic mass is 127. The lowest BCUT2D eigenvalue weighted by Crippen LogP contribution is -2.17. The first kappa shape index (κ1) is 19.5. The molecule has 0 aliphatic rings. The summed E-state index contributed by atoms with van der Waals surface area (Å²) in [6, 6.07) is 3.29. The Morgan fingerprint density at radius 1 is 1.00 bits per heavy atom. The first-order valence-corrected chi connectivity index (χ1v) is 8.48. The number of carbonyl (C=O) groups is 1. The maximum atomic E-state index is 13.8. The highest BCUT2D eigenvalue weighted by Crippen LogP contribution is 2.33. The molecule has 0 aliphatic carbocycles. The van der Waals surface area contributed by atoms with Gasteiger partial charge in [-0.15, -0.1) is 0 Å². The third-order valence-corrected chi connectivity index (χ3v) is 4.58. The minimum atomic E-state index is -5.65. The normalized spacial score (nSPS) is 11.5. The Kier molecular flexibility index (Phi) is 5.34. The summed E-state index contributed by atoms with van der Waals surface area (Å²) in [4.78, 5) is 9.56. The highest BCUT2D eigenvalue weighted by Gasteiger charge is 2.34. The van der Waals surface area contributed by atoms with Crippen LogP contribution >= 0.6 is 22.6 Å². The van der Waals surface area contributed by atoms with Crippen molar-refractivity contribution in [1.82, 2.24) is 0 Å². The monoisotopic (exact) mass is 494 g/mol. The number of ether oxygens (including phenoxy) is 1. The Hall–Kier alpha value is -1.80. The van der Waals surface area contributed by atoms with E-state index in [2.05, 4.69) is 4.74 Å².